The second kappa shape index (κ2) is 14.9. The number of amides is 2. The molecule has 7 nitrogen and oxygen atoms in total. The first-order valence-electron chi connectivity index (χ1n) is 14.1. The van der Waals surface area contributed by atoms with Gasteiger partial charge in [0.15, 0.2) is 0 Å². The van der Waals surface area contributed by atoms with Crippen LogP contribution in [-0.2, 0) is 26.2 Å². The highest BCUT2D eigenvalue weighted by Gasteiger charge is 2.34. The summed E-state index contributed by atoms with van der Waals surface area (Å²) in [7, 11) is -4.15. The lowest BCUT2D eigenvalue weighted by Crippen LogP contribution is -2.52. The van der Waals surface area contributed by atoms with Crippen LogP contribution in [0.5, 0.6) is 0 Å². The third-order valence-electron chi connectivity index (χ3n) is 7.30. The maximum absolute atomic E-state index is 14.2. The Morgan fingerprint density at radius 2 is 1.64 bits per heavy atom. The van der Waals surface area contributed by atoms with Gasteiger partial charge in [0, 0.05) is 23.1 Å². The van der Waals surface area contributed by atoms with Crippen molar-refractivity contribution in [1.29, 1.82) is 0 Å². The molecule has 0 aliphatic carbocycles. The van der Waals surface area contributed by atoms with Crippen molar-refractivity contribution in [3.63, 3.8) is 0 Å². The molecule has 1 N–H and O–H groups in total. The van der Waals surface area contributed by atoms with Crippen LogP contribution in [0.25, 0.3) is 0 Å². The highest BCUT2D eigenvalue weighted by molar-refractivity contribution is 7.92. The number of nitrogens with one attached hydrogen (secondary N) is 1. The maximum Gasteiger partial charge on any atom is 0.264 e. The maximum atomic E-state index is 14.2. The molecule has 3 aromatic carbocycles. The number of aryl methyl sites for hydroxylation is 2. The molecule has 0 saturated heterocycles. The van der Waals surface area contributed by atoms with Crippen LogP contribution in [0, 0.1) is 20.8 Å². The van der Waals surface area contributed by atoms with Crippen molar-refractivity contribution < 1.29 is 18.0 Å². The van der Waals surface area contributed by atoms with E-state index < -0.39 is 28.5 Å². The molecule has 42 heavy (non-hydrogen) atoms. The van der Waals surface area contributed by atoms with Gasteiger partial charge in [0.25, 0.3) is 10.0 Å². The molecule has 0 radical (unpaired) electrons. The number of carbonyl (C=O) groups is 2. The van der Waals surface area contributed by atoms with Crippen LogP contribution in [0.2, 0.25) is 10.0 Å². The van der Waals surface area contributed by atoms with Crippen LogP contribution >= 0.6 is 23.2 Å². The third-order valence-corrected chi connectivity index (χ3v) is 9.66. The number of nitrogens with zero attached hydrogens (tertiary/aromatic N) is 2. The fourth-order valence-corrected chi connectivity index (χ4v) is 6.56. The third kappa shape index (κ3) is 8.06. The number of sulfonamides is 1. The number of rotatable bonds is 13. The zero-order chi connectivity index (χ0) is 31.0. The van der Waals surface area contributed by atoms with Gasteiger partial charge in [-0.3, -0.25) is 13.9 Å². The predicted octanol–water partition coefficient (Wildman–Crippen LogP) is 6.84. The average Bonchev–Trinajstić information content (AvgIpc) is 2.94. The number of hydrogen-bond acceptors (Lipinski definition) is 4. The molecule has 1 atom stereocenters. The lowest BCUT2D eigenvalue weighted by Gasteiger charge is -2.34. The Labute approximate surface area is 259 Å². The summed E-state index contributed by atoms with van der Waals surface area (Å²) >= 11 is 12.6. The first-order chi connectivity index (χ1) is 19.9. The fourth-order valence-electron chi connectivity index (χ4n) is 4.62. The zero-order valence-corrected chi connectivity index (χ0v) is 27.1. The van der Waals surface area contributed by atoms with Crippen molar-refractivity contribution >= 4 is 50.7 Å². The highest BCUT2D eigenvalue weighted by atomic mass is 35.5. The Hall–Kier alpha value is -3.07. The van der Waals surface area contributed by atoms with Crippen molar-refractivity contribution in [2.45, 2.75) is 71.4 Å². The molecule has 0 aliphatic rings. The molecule has 0 aliphatic heterocycles. The van der Waals surface area contributed by atoms with Crippen molar-refractivity contribution in [3.8, 4) is 0 Å². The Kier molecular flexibility index (Phi) is 11.9. The molecule has 226 valence electrons. The van der Waals surface area contributed by atoms with E-state index in [1.807, 2.05) is 40.7 Å². The minimum Gasteiger partial charge on any atom is -0.354 e. The normalized spacial score (nSPS) is 12.1. The van der Waals surface area contributed by atoms with E-state index in [-0.39, 0.29) is 17.3 Å². The molecule has 0 aromatic heterocycles. The largest absolute Gasteiger partial charge is 0.354 e. The van der Waals surface area contributed by atoms with Crippen LogP contribution in [0.3, 0.4) is 0 Å². The molecule has 0 fully saturated rings. The monoisotopic (exact) mass is 631 g/mol. The number of halogens is 2. The first-order valence-corrected chi connectivity index (χ1v) is 16.3. The summed E-state index contributed by atoms with van der Waals surface area (Å²) in [6.45, 7) is 9.40. The second-order valence-corrected chi connectivity index (χ2v) is 13.1. The number of hydrogen-bond donors (Lipinski definition) is 1. The van der Waals surface area contributed by atoms with E-state index in [9.17, 15) is 18.0 Å². The standard InChI is InChI=1S/C32H39Cl2N3O4S/c1-6-8-18-35-32(39)29(7-2)36(20-25-14-15-26(33)19-28(25)34)31(38)21-37(30-11-9-10-23(4)24(30)5)42(40,41)27-16-12-22(3)13-17-27/h9-17,19,29H,6-8,18,20-21H2,1-5H3,(H,35,39)/t29-/m1/s1. The van der Waals surface area contributed by atoms with E-state index in [0.29, 0.717) is 34.3 Å². The molecule has 0 unspecified atom stereocenters. The Bertz CT molecular complexity index is 1510. The SMILES string of the molecule is CCCCNC(=O)[C@@H](CC)N(Cc1ccc(Cl)cc1Cl)C(=O)CN(c1cccc(C)c1C)S(=O)(=O)c1ccc(C)cc1. The zero-order valence-electron chi connectivity index (χ0n) is 24.8. The predicted molar refractivity (Wildman–Crippen MR) is 171 cm³/mol. The summed E-state index contributed by atoms with van der Waals surface area (Å²) in [6.07, 6.45) is 2.03. The van der Waals surface area contributed by atoms with Gasteiger partial charge in [-0.15, -0.1) is 0 Å². The summed E-state index contributed by atoms with van der Waals surface area (Å²) in [6, 6.07) is 16.0. The van der Waals surface area contributed by atoms with Crippen LogP contribution < -0.4 is 9.62 Å². The van der Waals surface area contributed by atoms with Crippen molar-refractivity contribution in [1.82, 2.24) is 10.2 Å². The Balaban J connectivity index is 2.10. The van der Waals surface area contributed by atoms with Gasteiger partial charge in [-0.25, -0.2) is 8.42 Å². The van der Waals surface area contributed by atoms with Crippen molar-refractivity contribution in [3.05, 3.63) is 93.0 Å². The molecule has 10 heteroatoms. The van der Waals surface area contributed by atoms with Crippen molar-refractivity contribution in [2.24, 2.45) is 0 Å². The first kappa shape index (κ1) is 33.4. The summed E-state index contributed by atoms with van der Waals surface area (Å²) in [4.78, 5) is 29.1. The molecule has 2 amide bonds. The van der Waals surface area contributed by atoms with E-state index in [4.69, 9.17) is 23.2 Å². The molecule has 0 bridgehead atoms. The van der Waals surface area contributed by atoms with Crippen LogP contribution in [0.15, 0.2) is 65.6 Å². The smallest absolute Gasteiger partial charge is 0.264 e. The van der Waals surface area contributed by atoms with E-state index in [1.54, 1.807) is 42.5 Å². The van der Waals surface area contributed by atoms with Gasteiger partial charge >= 0.3 is 0 Å². The number of unbranched alkanes of at least 4 members (excludes halogenated alkanes) is 1. The van der Waals surface area contributed by atoms with Crippen LogP contribution in [-0.4, -0.2) is 44.3 Å². The van der Waals surface area contributed by atoms with E-state index in [1.165, 1.54) is 17.0 Å². The number of carbonyl (C=O) groups excluding carboxylic acids is 2. The van der Waals surface area contributed by atoms with Gasteiger partial charge in [0.05, 0.1) is 10.6 Å². The molecule has 0 spiro atoms. The Morgan fingerprint density at radius 3 is 2.26 bits per heavy atom. The molecular formula is C32H39Cl2N3O4S. The lowest BCUT2D eigenvalue weighted by atomic mass is 10.1. The van der Waals surface area contributed by atoms with Crippen molar-refractivity contribution in [2.75, 3.05) is 17.4 Å². The van der Waals surface area contributed by atoms with Gasteiger partial charge in [0.1, 0.15) is 12.6 Å². The van der Waals surface area contributed by atoms with Crippen LogP contribution in [0.4, 0.5) is 5.69 Å². The minimum atomic E-state index is -4.15. The topological polar surface area (TPSA) is 86.8 Å². The fraction of sp³-hybridized carbons (Fsp3) is 0.375. The van der Waals surface area contributed by atoms with Gasteiger partial charge in [-0.2, -0.15) is 0 Å². The molecule has 0 saturated carbocycles. The van der Waals surface area contributed by atoms with Gasteiger partial charge in [-0.05, 0) is 80.6 Å². The summed E-state index contributed by atoms with van der Waals surface area (Å²) in [5, 5.41) is 3.71. The van der Waals surface area contributed by atoms with E-state index in [2.05, 4.69) is 5.32 Å². The highest BCUT2D eigenvalue weighted by Crippen LogP contribution is 2.30. The molecule has 0 heterocycles. The summed E-state index contributed by atoms with van der Waals surface area (Å²) < 4.78 is 29.3. The Morgan fingerprint density at radius 1 is 0.952 bits per heavy atom. The summed E-state index contributed by atoms with van der Waals surface area (Å²) in [5.74, 6) is -0.834. The number of benzene rings is 3. The van der Waals surface area contributed by atoms with Crippen LogP contribution in [0.1, 0.15) is 55.4 Å². The lowest BCUT2D eigenvalue weighted by molar-refractivity contribution is -0.140. The van der Waals surface area contributed by atoms with E-state index >= 15 is 0 Å². The number of anilines is 1. The molecule has 3 rings (SSSR count). The average molecular weight is 633 g/mol. The molecule has 3 aromatic rings. The molecular weight excluding hydrogens is 593 g/mol. The van der Waals surface area contributed by atoms with Gasteiger partial charge in [0.2, 0.25) is 11.8 Å². The minimum absolute atomic E-state index is 0.000239. The summed E-state index contributed by atoms with van der Waals surface area (Å²) in [5.41, 5.74) is 3.52. The second-order valence-electron chi connectivity index (χ2n) is 10.4. The van der Waals surface area contributed by atoms with Gasteiger partial charge < -0.3 is 10.2 Å². The quantitative estimate of drug-likeness (QED) is 0.209. The van der Waals surface area contributed by atoms with E-state index in [0.717, 1.165) is 33.8 Å². The van der Waals surface area contributed by atoms with Gasteiger partial charge in [-0.1, -0.05) is 79.4 Å².